The SMILES string of the molecule is CC(=O)N[C@H]1[C@H](OCCCCCCCCC(=O)Oc2ccc(C[C@@H]3NC(=O)[C@@H](N)CSSC[C@@H](C(=O)N4CCC[C@H]4C(=O)N[C@@H](CCCN=C(N)N)C(=O)NCC(N)=O)NC(=O)[C@H](CC(N)=O)NC(=O)[C@H](CCC(N)=O)NC(=O)[C@H](Cc4ccccc4)NC3=O)cc2)O[C@H](CO)[C@H](O)[C@@H]1O. The van der Waals surface area contributed by atoms with Gasteiger partial charge in [-0.15, -0.1) is 0 Å². The lowest BCUT2D eigenvalue weighted by molar-refractivity contribution is -0.270. The van der Waals surface area contributed by atoms with Crippen molar-refractivity contribution in [1.82, 2.24) is 47.4 Å². The zero-order chi connectivity index (χ0) is 73.4. The van der Waals surface area contributed by atoms with Crippen molar-refractivity contribution in [3.63, 3.8) is 0 Å². The number of ether oxygens (including phenoxy) is 3. The summed E-state index contributed by atoms with van der Waals surface area (Å²) in [5, 5.41) is 50.7. The van der Waals surface area contributed by atoms with Crippen LogP contribution in [0, 0.1) is 0 Å². The largest absolute Gasteiger partial charge is 0.427 e. The minimum absolute atomic E-state index is 0.0220. The molecule has 0 unspecified atom stereocenters. The fraction of sp³-hybridized carbons (Fsp3) is 0.587. The number of unbranched alkanes of at least 4 members (excludes halogenated alkanes) is 5. The molecule has 3 saturated heterocycles. The lowest BCUT2D eigenvalue weighted by Gasteiger charge is -2.42. The third-order valence-corrected chi connectivity index (χ3v) is 18.6. The molecule has 3 heterocycles. The average molecular weight is 1440 g/mol. The summed E-state index contributed by atoms with van der Waals surface area (Å²) in [5.41, 5.74) is 34.7. The second kappa shape index (κ2) is 42.4. The number of nitrogens with zero attached hydrogens (tertiary/aromatic N) is 2. The van der Waals surface area contributed by atoms with Gasteiger partial charge in [-0.3, -0.25) is 67.3 Å². The summed E-state index contributed by atoms with van der Waals surface area (Å²) in [4.78, 5) is 180. The van der Waals surface area contributed by atoms with E-state index in [0.29, 0.717) is 30.4 Å². The van der Waals surface area contributed by atoms with E-state index in [1.54, 1.807) is 42.5 Å². The number of aliphatic hydroxyl groups is 3. The summed E-state index contributed by atoms with van der Waals surface area (Å²) in [7, 11) is 1.94. The molecule has 2 aromatic rings. The minimum Gasteiger partial charge on any atom is -0.427 e. The molecule has 0 bridgehead atoms. The van der Waals surface area contributed by atoms with Gasteiger partial charge in [0.15, 0.2) is 12.2 Å². The van der Waals surface area contributed by atoms with Crippen molar-refractivity contribution in [2.24, 2.45) is 39.4 Å². The van der Waals surface area contributed by atoms with Crippen LogP contribution in [-0.4, -0.2) is 226 Å². The maximum atomic E-state index is 14.8. The number of benzene rings is 2. The van der Waals surface area contributed by atoms with E-state index >= 15 is 0 Å². The monoisotopic (exact) mass is 1440 g/mol. The van der Waals surface area contributed by atoms with Crippen molar-refractivity contribution in [2.45, 2.75) is 189 Å². The van der Waals surface area contributed by atoms with Crippen LogP contribution in [-0.2, 0) is 84.6 Å². The van der Waals surface area contributed by atoms with Crippen molar-refractivity contribution >= 4 is 104 Å². The second-order valence-electron chi connectivity index (χ2n) is 24.2. The molecule has 0 radical (unpaired) electrons. The Labute approximate surface area is 585 Å². The highest BCUT2D eigenvalue weighted by Crippen LogP contribution is 2.27. The van der Waals surface area contributed by atoms with Crippen LogP contribution in [0.2, 0.25) is 0 Å². The quantitative estimate of drug-likeness (QED) is 0.00811. The molecule has 35 nitrogen and oxygen atoms in total. The lowest BCUT2D eigenvalue weighted by Crippen LogP contribution is -2.64. The Morgan fingerprint density at radius 2 is 1.30 bits per heavy atom. The third kappa shape index (κ3) is 28.1. The Kier molecular flexibility index (Phi) is 34.7. The number of carbonyl (C=O) groups is 13. The molecule has 100 heavy (non-hydrogen) atoms. The Hall–Kier alpha value is -8.72. The molecule has 0 spiro atoms. The molecule has 0 saturated carbocycles. The summed E-state index contributed by atoms with van der Waals surface area (Å²) in [5.74, 6) is -11.7. The first kappa shape index (κ1) is 82.0. The topological polar surface area (TPSA) is 578 Å². The van der Waals surface area contributed by atoms with Gasteiger partial charge in [-0.05, 0) is 68.2 Å². The number of esters is 1. The van der Waals surface area contributed by atoms with Gasteiger partial charge in [0.05, 0.1) is 25.6 Å². The Balaban J connectivity index is 1.32. The zero-order valence-corrected chi connectivity index (χ0v) is 57.1. The predicted octanol–water partition coefficient (Wildman–Crippen LogP) is -5.51. The van der Waals surface area contributed by atoms with Gasteiger partial charge in [0.2, 0.25) is 70.9 Å². The zero-order valence-electron chi connectivity index (χ0n) is 55.5. The van der Waals surface area contributed by atoms with Gasteiger partial charge in [0, 0.05) is 63.8 Å². The number of likely N-dealkylation sites (tertiary alicyclic amines) is 1. The minimum atomic E-state index is -1.84. The fourth-order valence-corrected chi connectivity index (χ4v) is 13.2. The van der Waals surface area contributed by atoms with Gasteiger partial charge in [-0.2, -0.15) is 0 Å². The number of guanidine groups is 1. The smallest absolute Gasteiger partial charge is 0.311 e. The van der Waals surface area contributed by atoms with Crippen LogP contribution >= 0.6 is 21.6 Å². The molecule has 13 atom stereocenters. The van der Waals surface area contributed by atoms with E-state index in [9.17, 15) is 77.6 Å². The lowest BCUT2D eigenvalue weighted by atomic mass is 9.97. The summed E-state index contributed by atoms with van der Waals surface area (Å²) in [6.07, 6.45) is -2.52. The first-order valence-corrected chi connectivity index (χ1v) is 35.3. The van der Waals surface area contributed by atoms with Crippen molar-refractivity contribution < 1.29 is 91.9 Å². The maximum Gasteiger partial charge on any atom is 0.311 e. The van der Waals surface area contributed by atoms with E-state index < -0.39 is 188 Å². The molecular formula is C63H94N16O19S2. The number of hydrogen-bond donors (Lipinski definition) is 17. The number of aliphatic imine (C=N–C) groups is 1. The summed E-state index contributed by atoms with van der Waals surface area (Å²) >= 11 is 0. The number of rotatable bonds is 32. The van der Waals surface area contributed by atoms with Crippen LogP contribution < -0.4 is 81.7 Å². The van der Waals surface area contributed by atoms with Gasteiger partial charge in [-0.25, -0.2) is 0 Å². The van der Waals surface area contributed by atoms with Gasteiger partial charge >= 0.3 is 5.97 Å². The molecule has 23 N–H and O–H groups in total. The number of nitrogens with two attached hydrogens (primary N) is 6. The van der Waals surface area contributed by atoms with Crippen molar-refractivity contribution in [3.8, 4) is 5.75 Å². The number of hydrogen-bond acceptors (Lipinski definition) is 23. The van der Waals surface area contributed by atoms with Crippen LogP contribution in [0.4, 0.5) is 0 Å². The van der Waals surface area contributed by atoms with Crippen LogP contribution in [0.5, 0.6) is 5.75 Å². The first-order chi connectivity index (χ1) is 47.6. The van der Waals surface area contributed by atoms with Crippen molar-refractivity contribution in [3.05, 3.63) is 65.7 Å². The highest BCUT2D eigenvalue weighted by Gasteiger charge is 2.46. The molecule has 5 rings (SSSR count). The van der Waals surface area contributed by atoms with Crippen molar-refractivity contribution in [2.75, 3.05) is 44.4 Å². The maximum absolute atomic E-state index is 14.8. The van der Waals surface area contributed by atoms with Crippen LogP contribution in [0.25, 0.3) is 0 Å². The summed E-state index contributed by atoms with van der Waals surface area (Å²) in [6, 6.07) is 1.55. The molecule has 3 aliphatic rings. The van der Waals surface area contributed by atoms with Crippen LogP contribution in [0.15, 0.2) is 59.6 Å². The van der Waals surface area contributed by atoms with E-state index in [2.05, 4.69) is 47.5 Å². The molecule has 37 heteroatoms. The number of aliphatic hydroxyl groups excluding tert-OH is 3. The Morgan fingerprint density at radius 1 is 0.700 bits per heavy atom. The van der Waals surface area contributed by atoms with Crippen molar-refractivity contribution in [1.29, 1.82) is 0 Å². The molecule has 0 aromatic heterocycles. The molecule has 0 aliphatic carbocycles. The van der Waals surface area contributed by atoms with E-state index in [0.717, 1.165) is 40.9 Å². The predicted molar refractivity (Wildman–Crippen MR) is 363 cm³/mol. The van der Waals surface area contributed by atoms with E-state index in [1.807, 2.05) is 0 Å². The molecule has 2 aromatic carbocycles. The highest BCUT2D eigenvalue weighted by molar-refractivity contribution is 8.76. The Bertz CT molecular complexity index is 3160. The average Bonchev–Trinajstić information content (AvgIpc) is 1.34. The van der Waals surface area contributed by atoms with Crippen LogP contribution in [0.1, 0.15) is 108 Å². The third-order valence-electron chi connectivity index (χ3n) is 16.2. The molecular weight excluding hydrogens is 1350 g/mol. The highest BCUT2D eigenvalue weighted by atomic mass is 33.1. The summed E-state index contributed by atoms with van der Waals surface area (Å²) < 4.78 is 17.0. The van der Waals surface area contributed by atoms with Gasteiger partial charge < -0.3 is 111 Å². The van der Waals surface area contributed by atoms with Gasteiger partial charge in [0.25, 0.3) is 0 Å². The number of primary amides is 3. The van der Waals surface area contributed by atoms with Gasteiger partial charge in [-0.1, -0.05) is 89.7 Å². The standard InChI is InChI=1S/C63H94N16O19S2/c1-34(81)72-51-53(87)52(86)46(31-80)98-62(51)96-26-10-5-3-2-4-9-17-50(85)97-37-20-18-36(19-21-37)28-41-58(92)76-42(27-35-13-7-6-8-14-35)57(91)73-40(22-23-47(65)82)56(90)77-43(29-48(66)83)59(93)78-44(33-100-99-32-38(64)54(88)75-41)61(95)79-25-12-16-45(79)60(94)74-39(15-11-24-70-63(68)69)55(89)71-30-49(67)84/h6-8,13-14,18-21,38-46,51-53,62,80,86-87H,2-5,9-12,15-17,22-33,64H2,1H3,(H2,65,82)(H2,66,83)(H2,67,84)(H,71,89)(H,72,81)(H,73,91)(H,74,94)(H,75,88)(H,76,92)(H,77,90)(H,78,93)(H4,68,69,70)/t38-,39-,40-,41-,42-,43-,44-,45-,46+,51+,52-,53+,62+/m0/s1. The number of amides is 12. The van der Waals surface area contributed by atoms with E-state index in [4.69, 9.17) is 48.6 Å². The number of nitrogens with one attached hydrogen (secondary N) is 8. The molecule has 552 valence electrons. The molecule has 12 amide bonds. The normalized spacial score (nSPS) is 24.4. The molecule has 3 aliphatic heterocycles. The van der Waals surface area contributed by atoms with Crippen LogP contribution in [0.3, 0.4) is 0 Å². The number of carbonyl (C=O) groups excluding carboxylic acids is 13. The van der Waals surface area contributed by atoms with E-state index in [-0.39, 0.29) is 87.9 Å². The Morgan fingerprint density at radius 3 is 1.93 bits per heavy atom. The summed E-state index contributed by atoms with van der Waals surface area (Å²) in [6.45, 7) is 0.379. The first-order valence-electron chi connectivity index (χ1n) is 32.8. The second-order valence-corrected chi connectivity index (χ2v) is 26.8. The molecule has 3 fully saturated rings. The fourth-order valence-electron chi connectivity index (χ4n) is 10.9. The van der Waals surface area contributed by atoms with Gasteiger partial charge in [0.1, 0.15) is 72.4 Å². The van der Waals surface area contributed by atoms with E-state index in [1.165, 1.54) is 24.0 Å².